The van der Waals surface area contributed by atoms with Crippen LogP contribution in [0.3, 0.4) is 0 Å². The van der Waals surface area contributed by atoms with Gasteiger partial charge in [0, 0.05) is 39.1 Å². The fourth-order valence-corrected chi connectivity index (χ4v) is 5.57. The van der Waals surface area contributed by atoms with E-state index >= 15 is 0 Å². The molecule has 3 unspecified atom stereocenters. The maximum absolute atomic E-state index is 13.1. The number of likely N-dealkylation sites (tertiary alicyclic amines) is 1. The summed E-state index contributed by atoms with van der Waals surface area (Å²) in [6.45, 7) is 12.2. The van der Waals surface area contributed by atoms with Crippen LogP contribution in [-0.2, 0) is 11.3 Å². The molecular weight excluding hydrogens is 346 g/mol. The van der Waals surface area contributed by atoms with Gasteiger partial charge in [-0.15, -0.1) is 0 Å². The largest absolute Gasteiger partial charge is 0.342 e. The van der Waals surface area contributed by atoms with E-state index in [1.165, 1.54) is 18.4 Å². The number of nitrogens with zero attached hydrogens (tertiary/aromatic N) is 2. The summed E-state index contributed by atoms with van der Waals surface area (Å²) < 4.78 is 0. The lowest BCUT2D eigenvalue weighted by molar-refractivity contribution is -0.137. The molecule has 1 aromatic rings. The van der Waals surface area contributed by atoms with Crippen LogP contribution in [0.4, 0.5) is 0 Å². The van der Waals surface area contributed by atoms with E-state index in [1.54, 1.807) is 0 Å². The minimum absolute atomic E-state index is 0.339. The summed E-state index contributed by atoms with van der Waals surface area (Å²) in [6.07, 6.45) is 3.12. The lowest BCUT2D eigenvalue weighted by Gasteiger charge is -2.45. The van der Waals surface area contributed by atoms with Gasteiger partial charge in [-0.2, -0.15) is 0 Å². The second-order valence-electron chi connectivity index (χ2n) is 9.40. The quantitative estimate of drug-likeness (QED) is 0.812. The smallest absolute Gasteiger partial charge is 0.222 e. The summed E-state index contributed by atoms with van der Waals surface area (Å²) in [5, 5.41) is 3.43. The van der Waals surface area contributed by atoms with Gasteiger partial charge in [0.2, 0.25) is 5.91 Å². The van der Waals surface area contributed by atoms with Gasteiger partial charge in [-0.25, -0.2) is 0 Å². The van der Waals surface area contributed by atoms with Gasteiger partial charge in [-0.3, -0.25) is 9.69 Å². The van der Waals surface area contributed by atoms with E-state index in [2.05, 4.69) is 66.2 Å². The third kappa shape index (κ3) is 5.36. The number of piperidine rings is 2. The average molecular weight is 386 g/mol. The summed E-state index contributed by atoms with van der Waals surface area (Å²) in [7, 11) is 2.04. The van der Waals surface area contributed by atoms with E-state index in [0.717, 1.165) is 32.7 Å². The highest BCUT2D eigenvalue weighted by Gasteiger charge is 2.36. The molecule has 4 heteroatoms. The lowest BCUT2D eigenvalue weighted by atomic mass is 9.82. The van der Waals surface area contributed by atoms with Gasteiger partial charge < -0.3 is 10.2 Å². The Bertz CT molecular complexity index is 602. The summed E-state index contributed by atoms with van der Waals surface area (Å²) in [5.41, 5.74) is 1.38. The Balaban J connectivity index is 1.54. The number of nitrogens with one attached hydrogen (secondary N) is 1. The molecule has 2 heterocycles. The molecule has 1 amide bonds. The van der Waals surface area contributed by atoms with Crippen molar-refractivity contribution in [3.05, 3.63) is 35.9 Å². The van der Waals surface area contributed by atoms with Crippen molar-refractivity contribution < 1.29 is 4.79 Å². The molecule has 3 rings (SSSR count). The number of amides is 1. The van der Waals surface area contributed by atoms with Crippen LogP contribution in [-0.4, -0.2) is 55.0 Å². The molecule has 28 heavy (non-hydrogen) atoms. The zero-order chi connectivity index (χ0) is 20.1. The van der Waals surface area contributed by atoms with Crippen molar-refractivity contribution in [3.8, 4) is 0 Å². The Hall–Kier alpha value is -1.39. The van der Waals surface area contributed by atoms with Gasteiger partial charge in [0.05, 0.1) is 0 Å². The van der Waals surface area contributed by atoms with Crippen molar-refractivity contribution in [1.29, 1.82) is 0 Å². The molecule has 4 nitrogen and oxygen atoms in total. The maximum atomic E-state index is 13.1. The van der Waals surface area contributed by atoms with E-state index in [1.807, 2.05) is 7.05 Å². The van der Waals surface area contributed by atoms with Gasteiger partial charge >= 0.3 is 0 Å². The van der Waals surface area contributed by atoms with E-state index < -0.39 is 0 Å². The standard InChI is InChI=1S/C24H39N3O/c1-18(22-10-12-25-13-11-22)14-23(28)26(4)24-19(2)15-27(16-20(24)3)17-21-8-6-5-7-9-21/h5-9,18-20,22,24-25H,10-17H2,1-4H3. The SMILES string of the molecule is CC(CC(=O)N(C)C1C(C)CN(Cc2ccccc2)CC1C)C1CCNCC1. The summed E-state index contributed by atoms with van der Waals surface area (Å²) in [4.78, 5) is 17.7. The van der Waals surface area contributed by atoms with Crippen LogP contribution in [0.25, 0.3) is 0 Å². The molecule has 2 saturated heterocycles. The van der Waals surface area contributed by atoms with Crippen molar-refractivity contribution in [2.45, 2.75) is 52.6 Å². The van der Waals surface area contributed by atoms with Crippen molar-refractivity contribution >= 4 is 5.91 Å². The zero-order valence-corrected chi connectivity index (χ0v) is 18.2. The first kappa shape index (κ1) is 21.3. The van der Waals surface area contributed by atoms with Gasteiger partial charge in [0.15, 0.2) is 0 Å². The van der Waals surface area contributed by atoms with E-state index in [9.17, 15) is 4.79 Å². The predicted octanol–water partition coefficient (Wildman–Crippen LogP) is 3.63. The van der Waals surface area contributed by atoms with Crippen LogP contribution in [0.2, 0.25) is 0 Å². The van der Waals surface area contributed by atoms with Crippen LogP contribution < -0.4 is 5.32 Å². The first-order chi connectivity index (χ1) is 13.5. The van der Waals surface area contributed by atoms with Crippen molar-refractivity contribution in [2.75, 3.05) is 33.2 Å². The van der Waals surface area contributed by atoms with E-state index in [0.29, 0.717) is 42.0 Å². The molecule has 3 atom stereocenters. The van der Waals surface area contributed by atoms with Gasteiger partial charge in [-0.05, 0) is 55.2 Å². The maximum Gasteiger partial charge on any atom is 0.222 e. The second-order valence-corrected chi connectivity index (χ2v) is 9.40. The van der Waals surface area contributed by atoms with Crippen LogP contribution in [0.15, 0.2) is 30.3 Å². The summed E-state index contributed by atoms with van der Waals surface area (Å²) in [5.74, 6) is 2.51. The number of hydrogen-bond donors (Lipinski definition) is 1. The molecule has 2 aliphatic heterocycles. The molecule has 156 valence electrons. The third-order valence-electron chi connectivity index (χ3n) is 7.03. The predicted molar refractivity (Wildman–Crippen MR) is 116 cm³/mol. The first-order valence-electron chi connectivity index (χ1n) is 11.2. The Kier molecular flexibility index (Phi) is 7.53. The molecule has 2 fully saturated rings. The fraction of sp³-hybridized carbons (Fsp3) is 0.708. The average Bonchev–Trinajstić information content (AvgIpc) is 2.68. The molecule has 1 aromatic carbocycles. The Labute approximate surface area is 171 Å². The van der Waals surface area contributed by atoms with Crippen molar-refractivity contribution in [3.63, 3.8) is 0 Å². The second kappa shape index (κ2) is 9.89. The highest BCUT2D eigenvalue weighted by atomic mass is 16.2. The molecule has 0 bridgehead atoms. The molecule has 1 N–H and O–H groups in total. The first-order valence-corrected chi connectivity index (χ1v) is 11.2. The normalized spacial score (nSPS) is 28.1. The number of benzene rings is 1. The van der Waals surface area contributed by atoms with Crippen molar-refractivity contribution in [2.24, 2.45) is 23.7 Å². The number of rotatable bonds is 6. The Morgan fingerprint density at radius 3 is 2.36 bits per heavy atom. The topological polar surface area (TPSA) is 35.6 Å². The number of carbonyl (C=O) groups is 1. The third-order valence-corrected chi connectivity index (χ3v) is 7.03. The summed E-state index contributed by atoms with van der Waals surface area (Å²) >= 11 is 0. The molecule has 0 radical (unpaired) electrons. The molecule has 0 aromatic heterocycles. The van der Waals surface area contributed by atoms with Gasteiger partial charge in [0.25, 0.3) is 0 Å². The molecule has 0 aliphatic carbocycles. The van der Waals surface area contributed by atoms with Gasteiger partial charge in [-0.1, -0.05) is 51.1 Å². The van der Waals surface area contributed by atoms with E-state index in [4.69, 9.17) is 0 Å². The Morgan fingerprint density at radius 1 is 1.14 bits per heavy atom. The minimum atomic E-state index is 0.339. The fourth-order valence-electron chi connectivity index (χ4n) is 5.57. The number of hydrogen-bond acceptors (Lipinski definition) is 3. The zero-order valence-electron chi connectivity index (χ0n) is 18.2. The van der Waals surface area contributed by atoms with Crippen molar-refractivity contribution in [1.82, 2.24) is 15.1 Å². The van der Waals surface area contributed by atoms with Crippen LogP contribution in [0.1, 0.15) is 45.6 Å². The van der Waals surface area contributed by atoms with Crippen LogP contribution in [0.5, 0.6) is 0 Å². The lowest BCUT2D eigenvalue weighted by Crippen LogP contribution is -2.55. The van der Waals surface area contributed by atoms with E-state index in [-0.39, 0.29) is 0 Å². The highest BCUT2D eigenvalue weighted by molar-refractivity contribution is 5.76. The van der Waals surface area contributed by atoms with Crippen LogP contribution in [0, 0.1) is 23.7 Å². The monoisotopic (exact) mass is 385 g/mol. The Morgan fingerprint density at radius 2 is 1.75 bits per heavy atom. The molecule has 2 aliphatic rings. The molecule has 0 spiro atoms. The van der Waals surface area contributed by atoms with Crippen LogP contribution >= 0.6 is 0 Å². The molecule has 0 saturated carbocycles. The highest BCUT2D eigenvalue weighted by Crippen LogP contribution is 2.30. The molecular formula is C24H39N3O. The number of carbonyl (C=O) groups excluding carboxylic acids is 1. The minimum Gasteiger partial charge on any atom is -0.342 e. The van der Waals surface area contributed by atoms with Gasteiger partial charge in [0.1, 0.15) is 0 Å². The summed E-state index contributed by atoms with van der Waals surface area (Å²) in [6, 6.07) is 11.1.